The number of aliphatic carboxylic acids is 1. The van der Waals surface area contributed by atoms with Gasteiger partial charge in [-0.1, -0.05) is 0 Å². The minimum absolute atomic E-state index is 0.293. The molecule has 0 aromatic heterocycles. The fourth-order valence-corrected chi connectivity index (χ4v) is 1.71. The molecular weight excluding hydrogens is 180 g/mol. The fourth-order valence-electron chi connectivity index (χ4n) is 1.71. The van der Waals surface area contributed by atoms with Crippen molar-refractivity contribution in [1.82, 2.24) is 5.32 Å². The number of hydrogen-bond acceptors (Lipinski definition) is 2. The zero-order valence-corrected chi connectivity index (χ0v) is 7.17. The van der Waals surface area contributed by atoms with Crippen molar-refractivity contribution in [3.63, 3.8) is 0 Å². The lowest BCUT2D eigenvalue weighted by Crippen LogP contribution is -2.41. The molecule has 2 unspecified atom stereocenters. The van der Waals surface area contributed by atoms with Gasteiger partial charge in [0.1, 0.15) is 0 Å². The Hall–Kier alpha value is -0.710. The van der Waals surface area contributed by atoms with Crippen LogP contribution in [0.2, 0.25) is 0 Å². The normalized spacial score (nSPS) is 29.2. The highest BCUT2D eigenvalue weighted by molar-refractivity contribution is 5.70. The lowest BCUT2D eigenvalue weighted by Gasteiger charge is -2.28. The summed E-state index contributed by atoms with van der Waals surface area (Å²) >= 11 is 0. The van der Waals surface area contributed by atoms with Crippen LogP contribution in [0.5, 0.6) is 0 Å². The summed E-state index contributed by atoms with van der Waals surface area (Å²) in [5.41, 5.74) is 0. The second-order valence-electron chi connectivity index (χ2n) is 3.32. The first-order chi connectivity index (χ1) is 6.11. The lowest BCUT2D eigenvalue weighted by molar-refractivity contribution is -0.144. The van der Waals surface area contributed by atoms with Crippen molar-refractivity contribution in [2.45, 2.75) is 19.3 Å². The molecule has 5 heteroatoms. The molecule has 0 saturated carbocycles. The summed E-state index contributed by atoms with van der Waals surface area (Å²) < 4.78 is 24.1. The number of hydrogen-bond donors (Lipinski definition) is 2. The van der Waals surface area contributed by atoms with Gasteiger partial charge in [0.25, 0.3) is 0 Å². The van der Waals surface area contributed by atoms with Crippen molar-refractivity contribution in [2.24, 2.45) is 11.8 Å². The molecule has 1 heterocycles. The maximum Gasteiger partial charge on any atom is 0.308 e. The van der Waals surface area contributed by atoms with Gasteiger partial charge in [-0.25, -0.2) is 8.78 Å². The summed E-state index contributed by atoms with van der Waals surface area (Å²) in [4.78, 5) is 10.7. The van der Waals surface area contributed by atoms with Crippen LogP contribution in [0, 0.1) is 11.8 Å². The molecule has 13 heavy (non-hydrogen) atoms. The van der Waals surface area contributed by atoms with Crippen LogP contribution < -0.4 is 5.32 Å². The van der Waals surface area contributed by atoms with Crippen LogP contribution in [0.1, 0.15) is 12.8 Å². The largest absolute Gasteiger partial charge is 0.481 e. The highest BCUT2D eigenvalue weighted by atomic mass is 19.3. The van der Waals surface area contributed by atoms with Crippen LogP contribution in [0.25, 0.3) is 0 Å². The molecule has 0 amide bonds. The van der Waals surface area contributed by atoms with Gasteiger partial charge in [0, 0.05) is 13.0 Å². The quantitative estimate of drug-likeness (QED) is 0.701. The van der Waals surface area contributed by atoms with Crippen molar-refractivity contribution in [2.75, 3.05) is 13.1 Å². The summed E-state index contributed by atoms with van der Waals surface area (Å²) in [6, 6.07) is 0. The molecule has 0 bridgehead atoms. The van der Waals surface area contributed by atoms with E-state index in [1.165, 1.54) is 0 Å². The Bertz CT molecular complexity index is 187. The minimum atomic E-state index is -2.40. The maximum absolute atomic E-state index is 12.0. The molecule has 3 nitrogen and oxygen atoms in total. The van der Waals surface area contributed by atoms with Gasteiger partial charge in [-0.05, 0) is 18.9 Å². The maximum atomic E-state index is 12.0. The van der Waals surface area contributed by atoms with Gasteiger partial charge in [-0.3, -0.25) is 4.79 Å². The Morgan fingerprint density at radius 1 is 1.62 bits per heavy atom. The van der Waals surface area contributed by atoms with Crippen LogP contribution >= 0.6 is 0 Å². The van der Waals surface area contributed by atoms with E-state index < -0.39 is 18.3 Å². The third-order valence-corrected chi connectivity index (χ3v) is 2.42. The Labute approximate surface area is 75.1 Å². The monoisotopic (exact) mass is 193 g/mol. The number of alkyl halides is 2. The van der Waals surface area contributed by atoms with E-state index in [-0.39, 0.29) is 12.3 Å². The Kier molecular flexibility index (Phi) is 3.59. The van der Waals surface area contributed by atoms with Gasteiger partial charge in [0.2, 0.25) is 6.43 Å². The highest BCUT2D eigenvalue weighted by Crippen LogP contribution is 2.25. The molecule has 1 aliphatic rings. The molecule has 1 fully saturated rings. The lowest BCUT2D eigenvalue weighted by atomic mass is 9.84. The first-order valence-corrected chi connectivity index (χ1v) is 4.33. The third-order valence-electron chi connectivity index (χ3n) is 2.42. The van der Waals surface area contributed by atoms with Crippen molar-refractivity contribution < 1.29 is 18.7 Å². The fraction of sp³-hybridized carbons (Fsp3) is 0.875. The number of carbonyl (C=O) groups is 1. The summed E-state index contributed by atoms with van der Waals surface area (Å²) in [5, 5.41) is 11.6. The van der Waals surface area contributed by atoms with Crippen molar-refractivity contribution in [1.29, 1.82) is 0 Å². The van der Waals surface area contributed by atoms with Crippen LogP contribution in [0.4, 0.5) is 8.78 Å². The van der Waals surface area contributed by atoms with Gasteiger partial charge in [0.15, 0.2) is 0 Å². The second kappa shape index (κ2) is 4.50. The number of piperidine rings is 1. The van der Waals surface area contributed by atoms with E-state index in [0.717, 1.165) is 0 Å². The Balaban J connectivity index is 2.51. The molecule has 76 valence electrons. The number of carboxylic acid groups (broad SMARTS) is 1. The average Bonchev–Trinajstić information content (AvgIpc) is 2.03. The predicted molar refractivity (Wildman–Crippen MR) is 42.7 cm³/mol. The van der Waals surface area contributed by atoms with E-state index in [9.17, 15) is 13.6 Å². The minimum Gasteiger partial charge on any atom is -0.481 e. The van der Waals surface area contributed by atoms with Gasteiger partial charge in [-0.2, -0.15) is 0 Å². The van der Waals surface area contributed by atoms with E-state index >= 15 is 0 Å². The van der Waals surface area contributed by atoms with E-state index in [2.05, 4.69) is 5.32 Å². The molecule has 0 aliphatic carbocycles. The molecule has 0 spiro atoms. The van der Waals surface area contributed by atoms with E-state index in [1.807, 2.05) is 0 Å². The molecule has 2 N–H and O–H groups in total. The van der Waals surface area contributed by atoms with Gasteiger partial charge >= 0.3 is 5.97 Å². The van der Waals surface area contributed by atoms with Crippen LogP contribution in [0.3, 0.4) is 0 Å². The molecule has 1 rings (SSSR count). The smallest absolute Gasteiger partial charge is 0.308 e. The standard InChI is InChI=1S/C8H13F2NO2/c9-7(10)3-5-1-2-11-4-6(5)8(12)13/h5-7,11H,1-4H2,(H,12,13). The molecule has 0 radical (unpaired) electrons. The second-order valence-corrected chi connectivity index (χ2v) is 3.32. The predicted octanol–water partition coefficient (Wildman–Crippen LogP) is 0.952. The number of nitrogens with one attached hydrogen (secondary N) is 1. The van der Waals surface area contributed by atoms with Crippen molar-refractivity contribution in [3.05, 3.63) is 0 Å². The first kappa shape index (κ1) is 10.4. The van der Waals surface area contributed by atoms with Gasteiger partial charge in [0.05, 0.1) is 5.92 Å². The summed E-state index contributed by atoms with van der Waals surface area (Å²) in [7, 11) is 0. The van der Waals surface area contributed by atoms with Gasteiger partial charge in [-0.15, -0.1) is 0 Å². The van der Waals surface area contributed by atoms with E-state index in [0.29, 0.717) is 19.5 Å². The highest BCUT2D eigenvalue weighted by Gasteiger charge is 2.32. The Morgan fingerprint density at radius 3 is 2.85 bits per heavy atom. The molecular formula is C8H13F2NO2. The molecule has 1 aliphatic heterocycles. The van der Waals surface area contributed by atoms with E-state index in [4.69, 9.17) is 5.11 Å². The third kappa shape index (κ3) is 2.91. The Morgan fingerprint density at radius 2 is 2.31 bits per heavy atom. The summed E-state index contributed by atoms with van der Waals surface area (Å²) in [5.74, 6) is -2.00. The van der Waals surface area contributed by atoms with Crippen molar-refractivity contribution in [3.8, 4) is 0 Å². The van der Waals surface area contributed by atoms with Crippen molar-refractivity contribution >= 4 is 5.97 Å². The van der Waals surface area contributed by atoms with Crippen LogP contribution in [-0.2, 0) is 4.79 Å². The van der Waals surface area contributed by atoms with Crippen LogP contribution in [-0.4, -0.2) is 30.6 Å². The number of halogens is 2. The van der Waals surface area contributed by atoms with Crippen LogP contribution in [0.15, 0.2) is 0 Å². The zero-order valence-electron chi connectivity index (χ0n) is 7.17. The molecule has 2 atom stereocenters. The SMILES string of the molecule is O=C(O)C1CNCCC1CC(F)F. The topological polar surface area (TPSA) is 49.3 Å². The molecule has 0 aromatic rings. The summed E-state index contributed by atoms with van der Waals surface area (Å²) in [6.07, 6.45) is -2.16. The number of carboxylic acids is 1. The zero-order chi connectivity index (χ0) is 9.84. The number of rotatable bonds is 3. The molecule has 1 saturated heterocycles. The van der Waals surface area contributed by atoms with Gasteiger partial charge < -0.3 is 10.4 Å². The molecule has 0 aromatic carbocycles. The summed E-state index contributed by atoms with van der Waals surface area (Å²) in [6.45, 7) is 0.952. The first-order valence-electron chi connectivity index (χ1n) is 4.33. The average molecular weight is 193 g/mol. The van der Waals surface area contributed by atoms with E-state index in [1.54, 1.807) is 0 Å².